The molecule has 0 saturated carbocycles. The Kier molecular flexibility index (Phi) is 6.77. The molecule has 0 saturated heterocycles. The first-order chi connectivity index (χ1) is 8.54. The van der Waals surface area contributed by atoms with Gasteiger partial charge in [-0.2, -0.15) is 0 Å². The fourth-order valence-corrected chi connectivity index (χ4v) is 1.06. The van der Waals surface area contributed by atoms with Gasteiger partial charge in [0.05, 0.1) is 13.2 Å². The Morgan fingerprint density at radius 2 is 1.25 bits per heavy atom. The van der Waals surface area contributed by atoms with Gasteiger partial charge in [-0.3, -0.25) is 0 Å². The van der Waals surface area contributed by atoms with E-state index in [-0.39, 0.29) is 40.2 Å². The largest absolute Gasteiger partial charge is 0.388 e. The predicted molar refractivity (Wildman–Crippen MR) is 57.0 cm³/mol. The minimum atomic E-state index is -1.56. The van der Waals surface area contributed by atoms with Gasteiger partial charge in [0, 0.05) is 16.0 Å². The second kappa shape index (κ2) is 8.86. The lowest BCUT2D eigenvalue weighted by atomic mass is 10.0. The van der Waals surface area contributed by atoms with Crippen LogP contribution in [0.5, 0.6) is 0 Å². The smallest absolute Gasteiger partial charge is 0.111 e. The molecule has 0 amide bonds. The molecule has 0 aliphatic rings. The third-order valence-corrected chi connectivity index (χ3v) is 2.00. The number of aliphatic hydroxyl groups excluding tert-OH is 4. The molecular weight excluding hydrogens is 216 g/mol. The van der Waals surface area contributed by atoms with Gasteiger partial charge in [0.2, 0.25) is 0 Å². The minimum Gasteiger partial charge on any atom is -0.388 e. The molecule has 0 aliphatic heterocycles. The van der Waals surface area contributed by atoms with Crippen molar-refractivity contribution in [2.75, 3.05) is 26.4 Å². The van der Waals surface area contributed by atoms with Crippen LogP contribution in [0, 0.1) is 0 Å². The Hall–Kier alpha value is -0.240. The van der Waals surface area contributed by atoms with E-state index in [9.17, 15) is 20.4 Å². The zero-order valence-corrected chi connectivity index (χ0v) is 9.16. The maximum absolute atomic E-state index is 9.53. The molecule has 0 spiro atoms. The summed E-state index contributed by atoms with van der Waals surface area (Å²) in [5.41, 5.74) is 0. The van der Waals surface area contributed by atoms with Crippen molar-refractivity contribution in [3.05, 3.63) is 0 Å². The first kappa shape index (κ1) is 12.2. The molecule has 0 bridgehead atoms. The van der Waals surface area contributed by atoms with Crippen LogP contribution in [0.25, 0.3) is 0 Å². The molecule has 0 aromatic rings. The summed E-state index contributed by atoms with van der Waals surface area (Å²) in [6.07, 6.45) is -5.83. The third kappa shape index (κ3) is 5.74. The van der Waals surface area contributed by atoms with E-state index in [4.69, 9.17) is 12.2 Å². The molecule has 6 heteroatoms. The van der Waals surface area contributed by atoms with E-state index in [0.717, 1.165) is 0 Å². The van der Waals surface area contributed by atoms with Crippen molar-refractivity contribution in [2.45, 2.75) is 38.2 Å². The molecule has 0 heterocycles. The highest BCUT2D eigenvalue weighted by Gasteiger charge is 2.30. The Balaban J connectivity index is 3.93. The molecule has 0 unspecified atom stereocenters. The average Bonchev–Trinajstić information content (AvgIpc) is 2.37. The van der Waals surface area contributed by atoms with Gasteiger partial charge < -0.3 is 29.9 Å². The van der Waals surface area contributed by atoms with Gasteiger partial charge in [0.25, 0.3) is 0 Å². The summed E-state index contributed by atoms with van der Waals surface area (Å²) in [6, 6.07) is 0. The summed E-state index contributed by atoms with van der Waals surface area (Å²) in [4.78, 5) is 0. The molecule has 0 rings (SSSR count). The van der Waals surface area contributed by atoms with E-state index in [2.05, 4.69) is 0 Å². The Labute approximate surface area is 98.2 Å². The maximum atomic E-state index is 9.53. The molecule has 4 atom stereocenters. The minimum absolute atomic E-state index is 0.0367. The zero-order valence-electron chi connectivity index (χ0n) is 11.2. The molecular formula is C10H22O6. The highest BCUT2D eigenvalue weighted by molar-refractivity contribution is 4.80. The van der Waals surface area contributed by atoms with Crippen molar-refractivity contribution in [1.29, 1.82) is 0 Å². The van der Waals surface area contributed by atoms with E-state index >= 15 is 0 Å². The average molecular weight is 242 g/mol. The summed E-state index contributed by atoms with van der Waals surface area (Å²) >= 11 is 0. The van der Waals surface area contributed by atoms with Crippen LogP contribution < -0.4 is 0 Å². The summed E-state index contributed by atoms with van der Waals surface area (Å²) < 4.78 is 23.3. The SMILES string of the molecule is [3H]CCOC[C@@H](O)[C@@H](O)[C@H](O)[C@H](O)COCC[3H]. The fourth-order valence-electron chi connectivity index (χ4n) is 1.06. The van der Waals surface area contributed by atoms with Crippen LogP contribution in [-0.4, -0.2) is 71.3 Å². The van der Waals surface area contributed by atoms with Crippen LogP contribution >= 0.6 is 0 Å². The molecule has 0 aliphatic carbocycles. The highest BCUT2D eigenvalue weighted by atomic mass is 16.5. The maximum Gasteiger partial charge on any atom is 0.111 e. The molecule has 0 radical (unpaired) electrons. The Morgan fingerprint density at radius 1 is 0.875 bits per heavy atom. The van der Waals surface area contributed by atoms with Gasteiger partial charge in [0.1, 0.15) is 24.4 Å². The van der Waals surface area contributed by atoms with Crippen molar-refractivity contribution in [3.63, 3.8) is 0 Å². The van der Waals surface area contributed by atoms with Gasteiger partial charge in [-0.15, -0.1) is 0 Å². The lowest BCUT2D eigenvalue weighted by Gasteiger charge is -2.26. The molecule has 6 nitrogen and oxygen atoms in total. The predicted octanol–water partition coefficient (Wildman–Crippen LogP) is -1.50. The van der Waals surface area contributed by atoms with Crippen LogP contribution in [-0.2, 0) is 9.47 Å². The normalized spacial score (nSPS) is 20.8. The summed E-state index contributed by atoms with van der Waals surface area (Å²) in [5.74, 6) is 0. The molecule has 16 heavy (non-hydrogen) atoms. The van der Waals surface area contributed by atoms with E-state index in [1.165, 1.54) is 0 Å². The van der Waals surface area contributed by atoms with Gasteiger partial charge in [-0.05, 0) is 13.8 Å². The lowest BCUT2D eigenvalue weighted by Crippen LogP contribution is -2.47. The monoisotopic (exact) mass is 242 g/mol. The van der Waals surface area contributed by atoms with Gasteiger partial charge in [-0.25, -0.2) is 0 Å². The number of hydrogen-bond acceptors (Lipinski definition) is 6. The van der Waals surface area contributed by atoms with Gasteiger partial charge in [0.15, 0.2) is 0 Å². The number of aliphatic hydroxyl groups is 4. The van der Waals surface area contributed by atoms with Crippen molar-refractivity contribution in [3.8, 4) is 0 Å². The zero-order chi connectivity index (χ0) is 14.0. The number of ether oxygens (including phenoxy) is 2. The summed E-state index contributed by atoms with van der Waals surface area (Å²) in [5, 5.41) is 38.0. The van der Waals surface area contributed by atoms with Gasteiger partial charge >= 0.3 is 0 Å². The third-order valence-electron chi connectivity index (χ3n) is 2.00. The molecule has 4 N–H and O–H groups in total. The van der Waals surface area contributed by atoms with Crippen molar-refractivity contribution in [2.24, 2.45) is 0 Å². The molecule has 0 aromatic heterocycles. The lowest BCUT2D eigenvalue weighted by molar-refractivity contribution is -0.133. The van der Waals surface area contributed by atoms with Gasteiger partial charge in [-0.1, -0.05) is 0 Å². The second-order valence-electron chi connectivity index (χ2n) is 3.27. The Bertz CT molecular complexity index is 177. The van der Waals surface area contributed by atoms with Crippen LogP contribution in [0.3, 0.4) is 0 Å². The van der Waals surface area contributed by atoms with Crippen molar-refractivity contribution in [1.82, 2.24) is 0 Å². The first-order valence-corrected chi connectivity index (χ1v) is 5.00. The quantitative estimate of drug-likeness (QED) is 0.367. The standard InChI is InChI=1S/C10H22O6/c1-3-15-5-7(11)9(13)10(14)8(12)6-16-4-2/h7-14H,3-6H2,1-2H3/t7-,8-,9-,10-/m1/s1/i1T,2T. The van der Waals surface area contributed by atoms with Crippen LogP contribution in [0.2, 0.25) is 0 Å². The van der Waals surface area contributed by atoms with E-state index in [1.807, 2.05) is 0 Å². The van der Waals surface area contributed by atoms with E-state index in [1.54, 1.807) is 0 Å². The second-order valence-corrected chi connectivity index (χ2v) is 3.27. The Morgan fingerprint density at radius 3 is 1.56 bits per heavy atom. The molecule has 0 aromatic carbocycles. The number of hydrogen-bond donors (Lipinski definition) is 4. The summed E-state index contributed by atoms with van der Waals surface area (Å²) in [6.45, 7) is -0.136. The number of rotatable bonds is 9. The van der Waals surface area contributed by atoms with Crippen LogP contribution in [0.1, 0.15) is 16.5 Å². The summed E-state index contributed by atoms with van der Waals surface area (Å²) in [7, 11) is 0. The van der Waals surface area contributed by atoms with E-state index < -0.39 is 24.4 Å². The highest BCUT2D eigenvalue weighted by Crippen LogP contribution is 2.06. The first-order valence-electron chi connectivity index (χ1n) is 6.42. The fraction of sp³-hybridized carbons (Fsp3) is 1.00. The van der Waals surface area contributed by atoms with Crippen LogP contribution in [0.4, 0.5) is 0 Å². The van der Waals surface area contributed by atoms with Crippen LogP contribution in [0.15, 0.2) is 0 Å². The topological polar surface area (TPSA) is 99.4 Å². The van der Waals surface area contributed by atoms with Crippen molar-refractivity contribution < 1.29 is 32.6 Å². The molecule has 98 valence electrons. The van der Waals surface area contributed by atoms with E-state index in [0.29, 0.717) is 0 Å². The molecule has 0 fully saturated rings. The van der Waals surface area contributed by atoms with Crippen molar-refractivity contribution >= 4 is 0 Å².